The molecule has 3 heterocycles. The molecule has 1 aliphatic heterocycles. The van der Waals surface area contributed by atoms with E-state index in [2.05, 4.69) is 15.5 Å². The van der Waals surface area contributed by atoms with E-state index in [0.717, 1.165) is 33.7 Å². The predicted molar refractivity (Wildman–Crippen MR) is 129 cm³/mol. The summed E-state index contributed by atoms with van der Waals surface area (Å²) in [6.45, 7) is 6.44. The van der Waals surface area contributed by atoms with Crippen molar-refractivity contribution in [1.82, 2.24) is 14.5 Å². The number of thiophene rings is 1. The van der Waals surface area contributed by atoms with Gasteiger partial charge in [0.25, 0.3) is 15.6 Å². The molecular formula is C23H26N4O4S2. The summed E-state index contributed by atoms with van der Waals surface area (Å²) in [5.74, 6) is -0.580. The summed E-state index contributed by atoms with van der Waals surface area (Å²) in [4.78, 5) is 24.9. The molecule has 1 aromatic carbocycles. The first kappa shape index (κ1) is 23.3. The van der Waals surface area contributed by atoms with Crippen molar-refractivity contribution in [3.05, 3.63) is 63.4 Å². The van der Waals surface area contributed by atoms with E-state index in [1.807, 2.05) is 32.9 Å². The quantitative estimate of drug-likeness (QED) is 0.574. The molecule has 174 valence electrons. The van der Waals surface area contributed by atoms with Gasteiger partial charge in [0.2, 0.25) is 5.91 Å². The second-order valence-electron chi connectivity index (χ2n) is 8.39. The number of hydrogen-bond acceptors (Lipinski definition) is 6. The Balaban J connectivity index is 1.50. The Morgan fingerprint density at radius 2 is 1.88 bits per heavy atom. The number of carbonyl (C=O) groups is 1. The SMILES string of the molecule is Cc1cc(C)c(NC(=O)[C@H]2CCCN(S(=O)(=O)c3ccc(-c4ccc(=O)[nH]n4)s3)C2)c(C)c1. The van der Waals surface area contributed by atoms with Gasteiger partial charge in [0.1, 0.15) is 9.90 Å². The van der Waals surface area contributed by atoms with Gasteiger partial charge in [-0.3, -0.25) is 9.59 Å². The highest BCUT2D eigenvalue weighted by molar-refractivity contribution is 7.91. The number of sulfonamides is 1. The molecule has 0 unspecified atom stereocenters. The smallest absolute Gasteiger partial charge is 0.264 e. The number of amides is 1. The highest BCUT2D eigenvalue weighted by Gasteiger charge is 2.34. The maximum atomic E-state index is 13.3. The number of hydrogen-bond donors (Lipinski definition) is 2. The fraction of sp³-hybridized carbons (Fsp3) is 0.348. The van der Waals surface area contributed by atoms with Gasteiger partial charge in [-0.05, 0) is 62.9 Å². The molecule has 1 saturated heterocycles. The number of nitrogens with one attached hydrogen (secondary N) is 2. The first-order valence-corrected chi connectivity index (χ1v) is 13.0. The van der Waals surface area contributed by atoms with E-state index in [1.165, 1.54) is 10.4 Å². The van der Waals surface area contributed by atoms with Crippen LogP contribution in [0.4, 0.5) is 5.69 Å². The number of aromatic nitrogens is 2. The lowest BCUT2D eigenvalue weighted by Crippen LogP contribution is -2.43. The van der Waals surface area contributed by atoms with Gasteiger partial charge in [0.05, 0.1) is 10.8 Å². The summed E-state index contributed by atoms with van der Waals surface area (Å²) in [7, 11) is -3.75. The standard InChI is InChI=1S/C23H26N4O4S2/c1-14-11-15(2)22(16(3)12-14)24-23(29)17-5-4-10-27(13-17)33(30,31)21-9-7-19(32-21)18-6-8-20(28)26-25-18/h6-9,11-12,17H,4-5,10,13H2,1-3H3,(H,24,29)(H,26,28)/t17-/m0/s1. The molecule has 2 N–H and O–H groups in total. The molecule has 0 saturated carbocycles. The van der Waals surface area contributed by atoms with Crippen molar-refractivity contribution in [2.75, 3.05) is 18.4 Å². The molecule has 4 rings (SSSR count). The van der Waals surface area contributed by atoms with Crippen LogP contribution in [0, 0.1) is 26.7 Å². The lowest BCUT2D eigenvalue weighted by atomic mass is 9.98. The zero-order valence-corrected chi connectivity index (χ0v) is 20.3. The number of rotatable bonds is 5. The number of aryl methyl sites for hydroxylation is 3. The number of piperidine rings is 1. The number of H-pyrrole nitrogens is 1. The van der Waals surface area contributed by atoms with Crippen LogP contribution in [-0.4, -0.2) is 41.9 Å². The lowest BCUT2D eigenvalue weighted by Gasteiger charge is -2.31. The van der Waals surface area contributed by atoms with Gasteiger partial charge in [0, 0.05) is 24.8 Å². The second-order valence-corrected chi connectivity index (χ2v) is 11.6. The van der Waals surface area contributed by atoms with E-state index in [9.17, 15) is 18.0 Å². The monoisotopic (exact) mass is 486 g/mol. The maximum absolute atomic E-state index is 13.3. The van der Waals surface area contributed by atoms with Crippen LogP contribution in [0.1, 0.15) is 29.5 Å². The Kier molecular flexibility index (Phi) is 6.51. The average molecular weight is 487 g/mol. The minimum Gasteiger partial charge on any atom is -0.325 e. The van der Waals surface area contributed by atoms with E-state index in [0.29, 0.717) is 30.0 Å². The Hall–Kier alpha value is -2.82. The zero-order chi connectivity index (χ0) is 23.8. The molecule has 1 amide bonds. The summed E-state index contributed by atoms with van der Waals surface area (Å²) in [5.41, 5.74) is 4.08. The minimum absolute atomic E-state index is 0.141. The highest BCUT2D eigenvalue weighted by atomic mass is 32.2. The lowest BCUT2D eigenvalue weighted by molar-refractivity contribution is -0.120. The molecule has 0 spiro atoms. The third-order valence-corrected chi connectivity index (χ3v) is 9.23. The van der Waals surface area contributed by atoms with Crippen LogP contribution in [0.25, 0.3) is 10.6 Å². The van der Waals surface area contributed by atoms with Gasteiger partial charge < -0.3 is 5.32 Å². The predicted octanol–water partition coefficient (Wildman–Crippen LogP) is 3.46. The van der Waals surface area contributed by atoms with Gasteiger partial charge in [-0.25, -0.2) is 13.5 Å². The molecule has 0 radical (unpaired) electrons. The normalized spacial score (nSPS) is 17.1. The van der Waals surface area contributed by atoms with Crippen LogP contribution in [0.3, 0.4) is 0 Å². The molecule has 3 aromatic rings. The van der Waals surface area contributed by atoms with Crippen molar-refractivity contribution >= 4 is 33.0 Å². The highest BCUT2D eigenvalue weighted by Crippen LogP contribution is 2.33. The summed E-state index contributed by atoms with van der Waals surface area (Å²) in [5, 5.41) is 9.34. The Labute approximate surface area is 196 Å². The van der Waals surface area contributed by atoms with Gasteiger partial charge in [-0.1, -0.05) is 17.7 Å². The molecule has 33 heavy (non-hydrogen) atoms. The Morgan fingerprint density at radius 1 is 1.15 bits per heavy atom. The fourth-order valence-corrected chi connectivity index (χ4v) is 7.14. The van der Waals surface area contributed by atoms with Gasteiger partial charge in [-0.15, -0.1) is 11.3 Å². The topological polar surface area (TPSA) is 112 Å². The number of nitrogens with zero attached hydrogens (tertiary/aromatic N) is 2. The zero-order valence-electron chi connectivity index (χ0n) is 18.7. The molecule has 0 bridgehead atoms. The van der Waals surface area contributed by atoms with Crippen LogP contribution < -0.4 is 10.9 Å². The summed E-state index contributed by atoms with van der Waals surface area (Å²) in [6.07, 6.45) is 1.25. The van der Waals surface area contributed by atoms with Gasteiger partial charge in [-0.2, -0.15) is 9.40 Å². The number of aromatic amines is 1. The summed E-state index contributed by atoms with van der Waals surface area (Å²) >= 11 is 1.10. The Morgan fingerprint density at radius 3 is 2.55 bits per heavy atom. The summed E-state index contributed by atoms with van der Waals surface area (Å²) < 4.78 is 28.2. The van der Waals surface area contributed by atoms with Crippen LogP contribution in [0.2, 0.25) is 0 Å². The van der Waals surface area contributed by atoms with E-state index >= 15 is 0 Å². The molecule has 8 nitrogen and oxygen atoms in total. The first-order valence-electron chi connectivity index (χ1n) is 10.7. The minimum atomic E-state index is -3.75. The number of anilines is 1. The molecule has 0 aliphatic carbocycles. The van der Waals surface area contributed by atoms with Crippen molar-refractivity contribution < 1.29 is 13.2 Å². The largest absolute Gasteiger partial charge is 0.325 e. The molecule has 10 heteroatoms. The van der Waals surface area contributed by atoms with E-state index in [4.69, 9.17) is 0 Å². The van der Waals surface area contributed by atoms with Crippen molar-refractivity contribution in [2.24, 2.45) is 5.92 Å². The van der Waals surface area contributed by atoms with E-state index in [-0.39, 0.29) is 22.2 Å². The molecule has 1 fully saturated rings. The second kappa shape index (κ2) is 9.20. The summed E-state index contributed by atoms with van der Waals surface area (Å²) in [6, 6.07) is 10.2. The molecule has 1 aliphatic rings. The number of carbonyl (C=O) groups excluding carboxylic acids is 1. The maximum Gasteiger partial charge on any atom is 0.264 e. The van der Waals surface area contributed by atoms with E-state index < -0.39 is 15.9 Å². The molecule has 1 atom stereocenters. The molecule has 2 aromatic heterocycles. The molecular weight excluding hydrogens is 460 g/mol. The van der Waals surface area contributed by atoms with Gasteiger partial charge >= 0.3 is 0 Å². The van der Waals surface area contributed by atoms with Crippen LogP contribution in [0.5, 0.6) is 0 Å². The van der Waals surface area contributed by atoms with Crippen LogP contribution in [-0.2, 0) is 14.8 Å². The van der Waals surface area contributed by atoms with Crippen molar-refractivity contribution in [1.29, 1.82) is 0 Å². The Bertz CT molecular complexity index is 1320. The van der Waals surface area contributed by atoms with Crippen molar-refractivity contribution in [2.45, 2.75) is 37.8 Å². The van der Waals surface area contributed by atoms with E-state index in [1.54, 1.807) is 18.2 Å². The van der Waals surface area contributed by atoms with Crippen molar-refractivity contribution in [3.63, 3.8) is 0 Å². The third kappa shape index (κ3) is 4.92. The first-order chi connectivity index (χ1) is 15.6. The third-order valence-electron chi connectivity index (χ3n) is 5.79. The van der Waals surface area contributed by atoms with Gasteiger partial charge in [0.15, 0.2) is 0 Å². The van der Waals surface area contributed by atoms with Crippen molar-refractivity contribution in [3.8, 4) is 10.6 Å². The average Bonchev–Trinajstić information content (AvgIpc) is 3.28. The fourth-order valence-electron chi connectivity index (χ4n) is 4.18. The van der Waals surface area contributed by atoms with Crippen LogP contribution >= 0.6 is 11.3 Å². The number of benzene rings is 1. The van der Waals surface area contributed by atoms with Crippen LogP contribution in [0.15, 0.2) is 45.4 Å².